The minimum atomic E-state index is -0.247. The van der Waals surface area contributed by atoms with Crippen LogP contribution < -0.4 is 16.0 Å². The lowest BCUT2D eigenvalue weighted by atomic mass is 10.3. The van der Waals surface area contributed by atoms with Gasteiger partial charge in [-0.1, -0.05) is 0 Å². The molecule has 20 heavy (non-hydrogen) atoms. The van der Waals surface area contributed by atoms with Crippen LogP contribution in [0, 0.1) is 0 Å². The van der Waals surface area contributed by atoms with Gasteiger partial charge in [-0.15, -0.1) is 0 Å². The molecule has 1 heterocycles. The molecule has 7 nitrogen and oxygen atoms in total. The van der Waals surface area contributed by atoms with Crippen molar-refractivity contribution in [2.75, 3.05) is 13.1 Å². The number of hydrogen-bond acceptors (Lipinski definition) is 3. The summed E-state index contributed by atoms with van der Waals surface area (Å²) in [6.45, 7) is 5.48. The van der Waals surface area contributed by atoms with Gasteiger partial charge in [0.05, 0.1) is 0 Å². The lowest BCUT2D eigenvalue weighted by Crippen LogP contribution is -2.39. The van der Waals surface area contributed by atoms with E-state index in [1.165, 1.54) is 0 Å². The molecule has 0 spiro atoms. The maximum Gasteiger partial charge on any atom is 0.314 e. The molecule has 0 aliphatic heterocycles. The molecule has 0 bridgehead atoms. The number of urea groups is 1. The number of nitrogens with one attached hydrogen (secondary N) is 3. The Labute approximate surface area is 119 Å². The molecule has 0 unspecified atom stereocenters. The van der Waals surface area contributed by atoms with Gasteiger partial charge in [-0.2, -0.15) is 5.10 Å². The first-order valence-electron chi connectivity index (χ1n) is 6.86. The summed E-state index contributed by atoms with van der Waals surface area (Å²) in [6.07, 6.45) is 4.71. The Hall–Kier alpha value is -2.05. The molecule has 0 fully saturated rings. The molecule has 1 aromatic heterocycles. The molecule has 0 aliphatic rings. The maximum absolute atomic E-state index is 11.4. The summed E-state index contributed by atoms with van der Waals surface area (Å²) in [5.74, 6) is -0.0565. The number of amides is 3. The highest BCUT2D eigenvalue weighted by Gasteiger charge is 2.04. The van der Waals surface area contributed by atoms with Gasteiger partial charge in [-0.05, 0) is 26.3 Å². The summed E-state index contributed by atoms with van der Waals surface area (Å²) < 4.78 is 1.82. The molecule has 3 amide bonds. The van der Waals surface area contributed by atoms with Crippen molar-refractivity contribution in [3.05, 3.63) is 18.5 Å². The summed E-state index contributed by atoms with van der Waals surface area (Å²) >= 11 is 0. The molecule has 1 aromatic rings. The first-order valence-corrected chi connectivity index (χ1v) is 6.86. The highest BCUT2D eigenvalue weighted by molar-refractivity contribution is 5.78. The van der Waals surface area contributed by atoms with Crippen molar-refractivity contribution in [1.29, 1.82) is 0 Å². The summed E-state index contributed by atoms with van der Waals surface area (Å²) in [5, 5.41) is 12.2. The largest absolute Gasteiger partial charge is 0.354 e. The van der Waals surface area contributed by atoms with Gasteiger partial charge in [0, 0.05) is 44.5 Å². The van der Waals surface area contributed by atoms with E-state index in [0.29, 0.717) is 19.5 Å². The molecule has 1 rings (SSSR count). The van der Waals surface area contributed by atoms with Crippen molar-refractivity contribution < 1.29 is 9.59 Å². The van der Waals surface area contributed by atoms with Crippen molar-refractivity contribution in [2.45, 2.75) is 39.3 Å². The van der Waals surface area contributed by atoms with Crippen LogP contribution in [0.3, 0.4) is 0 Å². The number of nitrogens with zero attached hydrogens (tertiary/aromatic N) is 2. The van der Waals surface area contributed by atoms with Crippen LogP contribution in [0.4, 0.5) is 4.79 Å². The van der Waals surface area contributed by atoms with Gasteiger partial charge in [0.25, 0.3) is 0 Å². The Kier molecular flexibility index (Phi) is 7.16. The molecular weight excluding hydrogens is 258 g/mol. The zero-order valence-electron chi connectivity index (χ0n) is 12.1. The third kappa shape index (κ3) is 7.40. The Morgan fingerprint density at radius 2 is 2.00 bits per heavy atom. The zero-order chi connectivity index (χ0) is 14.8. The second-order valence-electron chi connectivity index (χ2n) is 4.78. The number of rotatable bonds is 8. The van der Waals surface area contributed by atoms with E-state index in [9.17, 15) is 9.59 Å². The van der Waals surface area contributed by atoms with Crippen molar-refractivity contribution in [2.24, 2.45) is 0 Å². The quantitative estimate of drug-likeness (QED) is 0.606. The molecular formula is C13H23N5O2. The van der Waals surface area contributed by atoms with Gasteiger partial charge in [0.1, 0.15) is 0 Å². The molecule has 0 saturated carbocycles. The van der Waals surface area contributed by atoms with E-state index in [2.05, 4.69) is 21.0 Å². The maximum atomic E-state index is 11.4. The minimum absolute atomic E-state index is 0.0565. The standard InChI is InChI=1S/C13H23N5O2/c1-11(2)17-12(19)5-8-15-13(20)14-6-3-9-18-10-4-7-16-18/h4,7,10-11H,3,5-6,8-9H2,1-2H3,(H,17,19)(H2,14,15,20). The average molecular weight is 281 g/mol. The third-order valence-corrected chi connectivity index (χ3v) is 2.50. The van der Waals surface area contributed by atoms with E-state index >= 15 is 0 Å². The molecule has 112 valence electrons. The van der Waals surface area contributed by atoms with E-state index in [0.717, 1.165) is 13.0 Å². The number of aryl methyl sites for hydroxylation is 1. The Bertz CT molecular complexity index is 403. The molecule has 0 radical (unpaired) electrons. The van der Waals surface area contributed by atoms with E-state index < -0.39 is 0 Å². The summed E-state index contributed by atoms with van der Waals surface area (Å²) in [4.78, 5) is 22.8. The van der Waals surface area contributed by atoms with Gasteiger partial charge in [0.15, 0.2) is 0 Å². The lowest BCUT2D eigenvalue weighted by Gasteiger charge is -2.09. The third-order valence-electron chi connectivity index (χ3n) is 2.50. The van der Waals surface area contributed by atoms with Crippen LogP contribution in [0.2, 0.25) is 0 Å². The molecule has 0 saturated heterocycles. The highest BCUT2D eigenvalue weighted by Crippen LogP contribution is 1.88. The van der Waals surface area contributed by atoms with Crippen molar-refractivity contribution in [3.63, 3.8) is 0 Å². The SMILES string of the molecule is CC(C)NC(=O)CCNC(=O)NCCCn1cccn1. The van der Waals surface area contributed by atoms with Crippen molar-refractivity contribution in [1.82, 2.24) is 25.7 Å². The topological polar surface area (TPSA) is 88.0 Å². The Balaban J connectivity index is 1.99. The summed E-state index contributed by atoms with van der Waals surface area (Å²) in [7, 11) is 0. The lowest BCUT2D eigenvalue weighted by molar-refractivity contribution is -0.121. The minimum Gasteiger partial charge on any atom is -0.354 e. The van der Waals surface area contributed by atoms with Gasteiger partial charge in [-0.25, -0.2) is 4.79 Å². The predicted octanol–water partition coefficient (Wildman–Crippen LogP) is 0.487. The van der Waals surface area contributed by atoms with Gasteiger partial charge in [0.2, 0.25) is 5.91 Å². The van der Waals surface area contributed by atoms with E-state index in [4.69, 9.17) is 0 Å². The first kappa shape index (κ1) is 16.0. The van der Waals surface area contributed by atoms with Crippen molar-refractivity contribution in [3.8, 4) is 0 Å². The van der Waals surface area contributed by atoms with Crippen LogP contribution >= 0.6 is 0 Å². The van der Waals surface area contributed by atoms with Gasteiger partial charge in [-0.3, -0.25) is 9.48 Å². The normalized spacial score (nSPS) is 10.3. The fourth-order valence-corrected chi connectivity index (χ4v) is 1.62. The monoisotopic (exact) mass is 281 g/mol. The second-order valence-corrected chi connectivity index (χ2v) is 4.78. The smallest absolute Gasteiger partial charge is 0.314 e. The van der Waals surface area contributed by atoms with E-state index in [-0.39, 0.29) is 18.0 Å². The molecule has 0 aliphatic carbocycles. The fraction of sp³-hybridized carbons (Fsp3) is 0.615. The Morgan fingerprint density at radius 3 is 2.65 bits per heavy atom. The van der Waals surface area contributed by atoms with Gasteiger partial charge >= 0.3 is 6.03 Å². The second kappa shape index (κ2) is 8.95. The zero-order valence-corrected chi connectivity index (χ0v) is 12.1. The average Bonchev–Trinajstić information content (AvgIpc) is 2.86. The number of carbonyl (C=O) groups is 2. The van der Waals surface area contributed by atoms with Crippen LogP contribution in [0.25, 0.3) is 0 Å². The van der Waals surface area contributed by atoms with E-state index in [1.54, 1.807) is 6.20 Å². The number of carbonyl (C=O) groups excluding carboxylic acids is 2. The molecule has 0 aromatic carbocycles. The van der Waals surface area contributed by atoms with Crippen LogP contribution in [-0.2, 0) is 11.3 Å². The number of hydrogen-bond donors (Lipinski definition) is 3. The van der Waals surface area contributed by atoms with Crippen LogP contribution in [-0.4, -0.2) is 40.9 Å². The Morgan fingerprint density at radius 1 is 1.25 bits per heavy atom. The summed E-state index contributed by atoms with van der Waals surface area (Å²) in [6, 6.07) is 1.74. The van der Waals surface area contributed by atoms with Crippen LogP contribution in [0.1, 0.15) is 26.7 Å². The molecule has 3 N–H and O–H groups in total. The van der Waals surface area contributed by atoms with Gasteiger partial charge < -0.3 is 16.0 Å². The van der Waals surface area contributed by atoms with Crippen molar-refractivity contribution >= 4 is 11.9 Å². The highest BCUT2D eigenvalue weighted by atomic mass is 16.2. The summed E-state index contributed by atoms with van der Waals surface area (Å²) in [5.41, 5.74) is 0. The van der Waals surface area contributed by atoms with Crippen LogP contribution in [0.5, 0.6) is 0 Å². The first-order chi connectivity index (χ1) is 9.58. The fourth-order valence-electron chi connectivity index (χ4n) is 1.62. The molecule has 0 atom stereocenters. The van der Waals surface area contributed by atoms with Crippen LogP contribution in [0.15, 0.2) is 18.5 Å². The number of aromatic nitrogens is 2. The molecule has 7 heteroatoms. The van der Waals surface area contributed by atoms with E-state index in [1.807, 2.05) is 30.8 Å². The predicted molar refractivity (Wildman–Crippen MR) is 76.1 cm³/mol.